The van der Waals surface area contributed by atoms with Gasteiger partial charge in [-0.15, -0.1) is 0 Å². The van der Waals surface area contributed by atoms with Gasteiger partial charge in [-0.05, 0) is 48.7 Å². The molecular weight excluding hydrogens is 424 g/mol. The van der Waals surface area contributed by atoms with Crippen LogP contribution >= 0.6 is 0 Å². The molecule has 172 valence electrons. The number of nitrogens with zero attached hydrogens (tertiary/aromatic N) is 2. The maximum Gasteiger partial charge on any atom is 0.257 e. The summed E-state index contributed by atoms with van der Waals surface area (Å²) in [6.45, 7) is 2.69. The van der Waals surface area contributed by atoms with Crippen LogP contribution in [0.1, 0.15) is 25.3 Å². The van der Waals surface area contributed by atoms with Crippen LogP contribution in [0.4, 0.5) is 5.69 Å². The molecule has 0 unspecified atom stereocenters. The van der Waals surface area contributed by atoms with Crippen LogP contribution in [0.2, 0.25) is 0 Å². The Morgan fingerprint density at radius 2 is 1.79 bits per heavy atom. The number of carbonyl (C=O) groups excluding carboxylic acids is 4. The van der Waals surface area contributed by atoms with Crippen molar-refractivity contribution in [2.75, 3.05) is 18.1 Å². The fourth-order valence-electron chi connectivity index (χ4n) is 3.59. The minimum atomic E-state index is -1.52. The zero-order valence-corrected chi connectivity index (χ0v) is 18.3. The molecule has 2 aromatic rings. The zero-order chi connectivity index (χ0) is 23.8. The fraction of sp³-hybridized carbons (Fsp3) is 0.280. The molecule has 0 aliphatic carbocycles. The molecule has 0 saturated carbocycles. The van der Waals surface area contributed by atoms with E-state index in [9.17, 15) is 24.3 Å². The van der Waals surface area contributed by atoms with Gasteiger partial charge in [-0.3, -0.25) is 14.4 Å². The first-order valence-electron chi connectivity index (χ1n) is 10.7. The van der Waals surface area contributed by atoms with Crippen molar-refractivity contribution in [3.8, 4) is 5.75 Å². The first-order valence-corrected chi connectivity index (χ1v) is 10.7. The van der Waals surface area contributed by atoms with Crippen LogP contribution < -0.4 is 14.7 Å². The van der Waals surface area contributed by atoms with Crippen molar-refractivity contribution in [2.24, 2.45) is 0 Å². The van der Waals surface area contributed by atoms with Crippen LogP contribution in [-0.4, -0.2) is 47.8 Å². The molecule has 3 rings (SSSR count). The van der Waals surface area contributed by atoms with E-state index < -0.39 is 29.7 Å². The molecule has 1 aliphatic rings. The SMILES string of the molecule is CCCOc1ccc(N2C(=O)C[C@@H](N(CCc3ccccc3)C(=O)/C=C/C(=O)[O-])C2=O)cc1. The number of benzene rings is 2. The number of rotatable bonds is 10. The number of hydrogen-bond acceptors (Lipinski definition) is 6. The number of ether oxygens (including phenoxy) is 1. The van der Waals surface area contributed by atoms with Gasteiger partial charge in [-0.25, -0.2) is 4.90 Å². The zero-order valence-electron chi connectivity index (χ0n) is 18.3. The molecule has 1 fully saturated rings. The second-order valence-electron chi connectivity index (χ2n) is 7.55. The maximum absolute atomic E-state index is 13.2. The van der Waals surface area contributed by atoms with Crippen molar-refractivity contribution in [2.45, 2.75) is 32.2 Å². The van der Waals surface area contributed by atoms with Gasteiger partial charge in [0.05, 0.1) is 24.7 Å². The summed E-state index contributed by atoms with van der Waals surface area (Å²) < 4.78 is 5.54. The van der Waals surface area contributed by atoms with Gasteiger partial charge >= 0.3 is 0 Å². The Morgan fingerprint density at radius 1 is 1.09 bits per heavy atom. The lowest BCUT2D eigenvalue weighted by Gasteiger charge is -2.26. The molecule has 2 aromatic carbocycles. The Balaban J connectivity index is 1.80. The molecule has 0 spiro atoms. The molecule has 0 bridgehead atoms. The highest BCUT2D eigenvalue weighted by molar-refractivity contribution is 6.23. The van der Waals surface area contributed by atoms with Crippen molar-refractivity contribution in [1.82, 2.24) is 4.90 Å². The third-order valence-electron chi connectivity index (χ3n) is 5.20. The van der Waals surface area contributed by atoms with Gasteiger partial charge in [0, 0.05) is 12.6 Å². The van der Waals surface area contributed by atoms with Gasteiger partial charge in [0.2, 0.25) is 11.8 Å². The fourth-order valence-corrected chi connectivity index (χ4v) is 3.59. The van der Waals surface area contributed by atoms with Crippen LogP contribution in [0.15, 0.2) is 66.7 Å². The molecule has 1 aliphatic heterocycles. The number of hydrogen-bond donors (Lipinski definition) is 0. The van der Waals surface area contributed by atoms with E-state index in [-0.39, 0.29) is 13.0 Å². The third kappa shape index (κ3) is 6.06. The maximum atomic E-state index is 13.2. The van der Waals surface area contributed by atoms with E-state index in [2.05, 4.69) is 0 Å². The summed E-state index contributed by atoms with van der Waals surface area (Å²) in [6, 6.07) is 14.9. The Hall–Kier alpha value is -3.94. The molecule has 3 amide bonds. The first-order chi connectivity index (χ1) is 15.9. The lowest BCUT2D eigenvalue weighted by atomic mass is 10.1. The molecule has 33 heavy (non-hydrogen) atoms. The number of imide groups is 1. The summed E-state index contributed by atoms with van der Waals surface area (Å²) in [5.41, 5.74) is 1.33. The number of carboxylic acid groups (broad SMARTS) is 1. The molecule has 8 nitrogen and oxygen atoms in total. The highest BCUT2D eigenvalue weighted by Gasteiger charge is 2.43. The van der Waals surface area contributed by atoms with E-state index in [0.29, 0.717) is 30.5 Å². The van der Waals surface area contributed by atoms with E-state index in [0.717, 1.165) is 23.0 Å². The van der Waals surface area contributed by atoms with Gasteiger partial charge in [0.25, 0.3) is 5.91 Å². The number of carboxylic acids is 1. The Bertz CT molecular complexity index is 1030. The van der Waals surface area contributed by atoms with Gasteiger partial charge in [-0.2, -0.15) is 0 Å². The second kappa shape index (κ2) is 11.1. The van der Waals surface area contributed by atoms with Crippen LogP contribution in [0, 0.1) is 0 Å². The van der Waals surface area contributed by atoms with Gasteiger partial charge in [-0.1, -0.05) is 37.3 Å². The summed E-state index contributed by atoms with van der Waals surface area (Å²) in [7, 11) is 0. The summed E-state index contributed by atoms with van der Waals surface area (Å²) in [4.78, 5) is 51.7. The smallest absolute Gasteiger partial charge is 0.257 e. The monoisotopic (exact) mass is 449 g/mol. The van der Waals surface area contributed by atoms with Crippen LogP contribution in [0.25, 0.3) is 0 Å². The molecule has 1 heterocycles. The quantitative estimate of drug-likeness (QED) is 0.402. The largest absolute Gasteiger partial charge is 0.545 e. The molecule has 0 aromatic heterocycles. The first kappa shape index (κ1) is 23.7. The number of anilines is 1. The third-order valence-corrected chi connectivity index (χ3v) is 5.20. The van der Waals surface area contributed by atoms with E-state index in [4.69, 9.17) is 4.74 Å². The minimum absolute atomic E-state index is 0.140. The van der Waals surface area contributed by atoms with Crippen molar-refractivity contribution in [3.05, 3.63) is 72.3 Å². The van der Waals surface area contributed by atoms with Crippen LogP contribution in [0.5, 0.6) is 5.75 Å². The molecular formula is C25H25N2O6-. The second-order valence-corrected chi connectivity index (χ2v) is 7.55. The molecule has 0 N–H and O–H groups in total. The lowest BCUT2D eigenvalue weighted by molar-refractivity contribution is -0.297. The molecule has 8 heteroatoms. The topological polar surface area (TPSA) is 107 Å². The normalized spacial score (nSPS) is 15.8. The van der Waals surface area contributed by atoms with E-state index >= 15 is 0 Å². The number of amides is 3. The Kier molecular flexibility index (Phi) is 7.96. The van der Waals surface area contributed by atoms with Crippen molar-refractivity contribution in [1.29, 1.82) is 0 Å². The highest BCUT2D eigenvalue weighted by atomic mass is 16.5. The van der Waals surface area contributed by atoms with Gasteiger partial charge in [0.15, 0.2) is 0 Å². The standard InChI is InChI=1S/C25H26N2O6/c1-2-16-33-20-10-8-19(9-11-20)27-23(29)17-21(25(27)32)26(22(28)12-13-24(30)31)15-14-18-6-4-3-5-7-18/h3-13,21H,2,14-17H2,1H3,(H,30,31)/p-1/b13-12+/t21-/m1/s1. The van der Waals surface area contributed by atoms with Crippen molar-refractivity contribution in [3.63, 3.8) is 0 Å². The van der Waals surface area contributed by atoms with E-state index in [1.807, 2.05) is 37.3 Å². The summed E-state index contributed by atoms with van der Waals surface area (Å²) >= 11 is 0. The number of carbonyl (C=O) groups is 4. The number of aliphatic carboxylic acids is 1. The van der Waals surface area contributed by atoms with E-state index in [1.54, 1.807) is 24.3 Å². The Labute approximate surface area is 192 Å². The summed E-state index contributed by atoms with van der Waals surface area (Å²) in [6.07, 6.45) is 2.57. The molecule has 1 saturated heterocycles. The predicted octanol–water partition coefficient (Wildman–Crippen LogP) is 1.48. The Morgan fingerprint density at radius 3 is 2.42 bits per heavy atom. The summed E-state index contributed by atoms with van der Waals surface area (Å²) in [5, 5.41) is 10.8. The average molecular weight is 449 g/mol. The van der Waals surface area contributed by atoms with Crippen molar-refractivity contribution >= 4 is 29.4 Å². The van der Waals surface area contributed by atoms with Gasteiger partial charge < -0.3 is 19.5 Å². The lowest BCUT2D eigenvalue weighted by Crippen LogP contribution is -2.46. The molecule has 1 atom stereocenters. The van der Waals surface area contributed by atoms with Crippen LogP contribution in [-0.2, 0) is 25.6 Å². The van der Waals surface area contributed by atoms with E-state index in [1.165, 1.54) is 4.90 Å². The summed E-state index contributed by atoms with van der Waals surface area (Å²) in [5.74, 6) is -2.54. The molecule has 0 radical (unpaired) electrons. The highest BCUT2D eigenvalue weighted by Crippen LogP contribution is 2.28. The van der Waals surface area contributed by atoms with Crippen molar-refractivity contribution < 1.29 is 29.0 Å². The van der Waals surface area contributed by atoms with Gasteiger partial charge in [0.1, 0.15) is 11.8 Å². The minimum Gasteiger partial charge on any atom is -0.545 e. The van der Waals surface area contributed by atoms with Crippen LogP contribution in [0.3, 0.4) is 0 Å². The average Bonchev–Trinajstić information content (AvgIpc) is 3.11. The predicted molar refractivity (Wildman–Crippen MR) is 119 cm³/mol.